The van der Waals surface area contributed by atoms with Gasteiger partial charge in [-0.3, -0.25) is 9.59 Å². The van der Waals surface area contributed by atoms with E-state index in [2.05, 4.69) is 10.3 Å². The number of carbonyl (C=O) groups is 2. The summed E-state index contributed by atoms with van der Waals surface area (Å²) in [5.41, 5.74) is -0.554. The number of methoxy groups -OCH3 is 1. The van der Waals surface area contributed by atoms with Gasteiger partial charge >= 0.3 is 6.18 Å². The van der Waals surface area contributed by atoms with Gasteiger partial charge < -0.3 is 19.7 Å². The number of anilines is 1. The zero-order valence-corrected chi connectivity index (χ0v) is 17.3. The molecule has 1 aliphatic heterocycles. The van der Waals surface area contributed by atoms with Crippen LogP contribution in [0, 0.1) is 5.92 Å². The smallest absolute Gasteiger partial charge is 0.417 e. The molecule has 1 aromatic carbocycles. The predicted molar refractivity (Wildman–Crippen MR) is 108 cm³/mol. The highest BCUT2D eigenvalue weighted by molar-refractivity contribution is 6.00. The van der Waals surface area contributed by atoms with E-state index in [1.165, 1.54) is 13.2 Å². The van der Waals surface area contributed by atoms with Crippen LogP contribution in [-0.2, 0) is 15.8 Å². The summed E-state index contributed by atoms with van der Waals surface area (Å²) in [4.78, 5) is 30.4. The van der Waals surface area contributed by atoms with Crippen LogP contribution < -0.4 is 14.8 Å². The van der Waals surface area contributed by atoms with Crippen molar-refractivity contribution in [3.63, 3.8) is 0 Å². The van der Waals surface area contributed by atoms with Gasteiger partial charge in [-0.05, 0) is 43.4 Å². The lowest BCUT2D eigenvalue weighted by molar-refractivity contribution is -0.137. The van der Waals surface area contributed by atoms with Crippen LogP contribution in [0.25, 0.3) is 0 Å². The average molecular weight is 449 g/mol. The fourth-order valence-electron chi connectivity index (χ4n) is 3.61. The Bertz CT molecular complexity index is 1010. The molecule has 0 bridgehead atoms. The highest BCUT2D eigenvalue weighted by Gasteiger charge is 2.39. The molecule has 1 atom stereocenters. The van der Waals surface area contributed by atoms with Gasteiger partial charge in [-0.1, -0.05) is 0 Å². The number of ether oxygens (including phenoxy) is 2. The summed E-state index contributed by atoms with van der Waals surface area (Å²) in [6.07, 6.45) is -0.867. The molecule has 32 heavy (non-hydrogen) atoms. The van der Waals surface area contributed by atoms with Crippen molar-refractivity contribution in [3.8, 4) is 17.4 Å². The fourth-order valence-corrected chi connectivity index (χ4v) is 3.61. The lowest BCUT2D eigenvalue weighted by Gasteiger charge is -2.24. The molecule has 1 aromatic heterocycles. The molecule has 2 heterocycles. The number of hydrogen-bond acceptors (Lipinski definition) is 5. The Balaban J connectivity index is 1.48. The van der Waals surface area contributed by atoms with Gasteiger partial charge in [0.25, 0.3) is 0 Å². The molecule has 1 unspecified atom stereocenters. The Labute approximate surface area is 182 Å². The Morgan fingerprint density at radius 1 is 1.22 bits per heavy atom. The SMILES string of the molecule is COc1ccc(Oc2ccc(C(F)(F)F)cn2)cc1NC(=O)C1CCC(=O)N1CC1CC1. The predicted octanol–water partition coefficient (Wildman–Crippen LogP) is 4.24. The largest absolute Gasteiger partial charge is 0.495 e. The number of alkyl halides is 3. The zero-order chi connectivity index (χ0) is 22.9. The van der Waals surface area contributed by atoms with Crippen molar-refractivity contribution in [1.29, 1.82) is 0 Å². The Hall–Kier alpha value is -3.30. The van der Waals surface area contributed by atoms with E-state index in [1.807, 2.05) is 0 Å². The third kappa shape index (κ3) is 4.95. The van der Waals surface area contributed by atoms with E-state index < -0.39 is 17.8 Å². The van der Waals surface area contributed by atoms with Gasteiger partial charge in [0.05, 0.1) is 18.4 Å². The number of nitrogens with one attached hydrogen (secondary N) is 1. The van der Waals surface area contributed by atoms with Gasteiger partial charge in [-0.25, -0.2) is 4.98 Å². The summed E-state index contributed by atoms with van der Waals surface area (Å²) in [6.45, 7) is 0.594. The lowest BCUT2D eigenvalue weighted by atomic mass is 10.2. The van der Waals surface area contributed by atoms with Crippen molar-refractivity contribution in [2.24, 2.45) is 5.92 Å². The van der Waals surface area contributed by atoms with E-state index in [9.17, 15) is 22.8 Å². The summed E-state index contributed by atoms with van der Waals surface area (Å²) < 4.78 is 48.9. The minimum Gasteiger partial charge on any atom is -0.495 e. The van der Waals surface area contributed by atoms with Crippen LogP contribution in [0.5, 0.6) is 17.4 Å². The number of nitrogens with zero attached hydrogens (tertiary/aromatic N) is 2. The first-order valence-corrected chi connectivity index (χ1v) is 10.2. The quantitative estimate of drug-likeness (QED) is 0.684. The first-order chi connectivity index (χ1) is 15.2. The second kappa shape index (κ2) is 8.68. The second-order valence-electron chi connectivity index (χ2n) is 7.88. The molecule has 1 aliphatic carbocycles. The van der Waals surface area contributed by atoms with Crippen molar-refractivity contribution in [1.82, 2.24) is 9.88 Å². The van der Waals surface area contributed by atoms with E-state index in [1.54, 1.807) is 17.0 Å². The summed E-state index contributed by atoms with van der Waals surface area (Å²) in [7, 11) is 1.45. The van der Waals surface area contributed by atoms with Crippen LogP contribution in [0.2, 0.25) is 0 Å². The molecule has 7 nitrogen and oxygen atoms in total. The summed E-state index contributed by atoms with van der Waals surface area (Å²) in [6, 6.07) is 6.06. The first kappa shape index (κ1) is 21.9. The molecule has 170 valence electrons. The Kier molecular flexibility index (Phi) is 5.94. The normalized spacial score (nSPS) is 18.6. The van der Waals surface area contributed by atoms with Gasteiger partial charge in [0, 0.05) is 31.3 Å². The number of likely N-dealkylation sites (tertiary alicyclic amines) is 1. The first-order valence-electron chi connectivity index (χ1n) is 10.2. The molecule has 1 N–H and O–H groups in total. The minimum atomic E-state index is -4.49. The molecule has 2 aliphatic rings. The molecule has 0 radical (unpaired) electrons. The number of amides is 2. The molecule has 4 rings (SSSR count). The maximum absolute atomic E-state index is 12.9. The molecule has 2 fully saturated rings. The Morgan fingerprint density at radius 3 is 2.62 bits per heavy atom. The van der Waals surface area contributed by atoms with Gasteiger partial charge in [0.1, 0.15) is 17.5 Å². The highest BCUT2D eigenvalue weighted by atomic mass is 19.4. The van der Waals surface area contributed by atoms with Gasteiger partial charge in [-0.15, -0.1) is 0 Å². The zero-order valence-electron chi connectivity index (χ0n) is 17.3. The van der Waals surface area contributed by atoms with Crippen molar-refractivity contribution >= 4 is 17.5 Å². The topological polar surface area (TPSA) is 80.8 Å². The van der Waals surface area contributed by atoms with Crippen molar-refractivity contribution in [2.45, 2.75) is 37.9 Å². The fraction of sp³-hybridized carbons (Fsp3) is 0.409. The molecule has 1 saturated heterocycles. The van der Waals surface area contributed by atoms with E-state index in [4.69, 9.17) is 9.47 Å². The van der Waals surface area contributed by atoms with Gasteiger partial charge in [0.2, 0.25) is 17.7 Å². The molecule has 10 heteroatoms. The lowest BCUT2D eigenvalue weighted by Crippen LogP contribution is -2.42. The average Bonchev–Trinajstić information content (AvgIpc) is 3.50. The van der Waals surface area contributed by atoms with Gasteiger partial charge in [-0.2, -0.15) is 13.2 Å². The number of aromatic nitrogens is 1. The summed E-state index contributed by atoms with van der Waals surface area (Å²) in [5.74, 6) is 0.733. The van der Waals surface area contributed by atoms with Gasteiger partial charge in [0.15, 0.2) is 0 Å². The number of halogens is 3. The van der Waals surface area contributed by atoms with Crippen LogP contribution >= 0.6 is 0 Å². The number of pyridine rings is 1. The van der Waals surface area contributed by atoms with Crippen LogP contribution in [0.3, 0.4) is 0 Å². The number of hydrogen-bond donors (Lipinski definition) is 1. The van der Waals surface area contributed by atoms with E-state index >= 15 is 0 Å². The second-order valence-corrected chi connectivity index (χ2v) is 7.88. The van der Waals surface area contributed by atoms with E-state index in [-0.39, 0.29) is 23.4 Å². The molecule has 0 spiro atoms. The van der Waals surface area contributed by atoms with E-state index in [0.717, 1.165) is 25.0 Å². The maximum Gasteiger partial charge on any atom is 0.417 e. The van der Waals surface area contributed by atoms with E-state index in [0.29, 0.717) is 42.9 Å². The standard InChI is InChI=1S/C22H22F3N3O4/c1-31-18-7-5-15(32-19-8-4-14(11-26-19)22(23,24)25)10-16(18)27-21(30)17-6-9-20(29)28(17)12-13-2-3-13/h4-5,7-8,10-11,13,17H,2-3,6,9,12H2,1H3,(H,27,30). The molecular weight excluding hydrogens is 427 g/mol. The molecule has 1 saturated carbocycles. The maximum atomic E-state index is 12.9. The highest BCUT2D eigenvalue weighted by Crippen LogP contribution is 2.35. The van der Waals surface area contributed by atoms with Crippen LogP contribution in [0.4, 0.5) is 18.9 Å². The third-order valence-electron chi connectivity index (χ3n) is 5.50. The Morgan fingerprint density at radius 2 is 2.00 bits per heavy atom. The molecule has 2 amide bonds. The minimum absolute atomic E-state index is 0.0190. The monoisotopic (exact) mass is 449 g/mol. The van der Waals surface area contributed by atoms with Crippen LogP contribution in [0.15, 0.2) is 36.5 Å². The van der Waals surface area contributed by atoms with Crippen molar-refractivity contribution in [3.05, 3.63) is 42.1 Å². The summed E-state index contributed by atoms with van der Waals surface area (Å²) in [5, 5.41) is 2.80. The van der Waals surface area contributed by atoms with Crippen LogP contribution in [-0.4, -0.2) is 41.4 Å². The summed E-state index contributed by atoms with van der Waals surface area (Å²) >= 11 is 0. The molecule has 2 aromatic rings. The number of benzene rings is 1. The third-order valence-corrected chi connectivity index (χ3v) is 5.50. The number of rotatable bonds is 7. The molecular formula is C22H22F3N3O4. The van der Waals surface area contributed by atoms with Crippen LogP contribution in [0.1, 0.15) is 31.2 Å². The number of carbonyl (C=O) groups excluding carboxylic acids is 2. The van der Waals surface area contributed by atoms with Crippen molar-refractivity contribution in [2.75, 3.05) is 19.0 Å². The van der Waals surface area contributed by atoms with Crippen molar-refractivity contribution < 1.29 is 32.2 Å².